The number of aryl methyl sites for hydroxylation is 1. The lowest BCUT2D eigenvalue weighted by Gasteiger charge is -2.14. The van der Waals surface area contributed by atoms with E-state index in [1.54, 1.807) is 6.07 Å². The zero-order valence-electron chi connectivity index (χ0n) is 13.2. The largest absolute Gasteiger partial charge is 0.310 e. The quantitative estimate of drug-likeness (QED) is 0.684. The van der Waals surface area contributed by atoms with E-state index in [9.17, 15) is 8.42 Å². The third-order valence-electron chi connectivity index (χ3n) is 3.11. The molecule has 0 aliphatic heterocycles. The molecule has 0 radical (unpaired) electrons. The summed E-state index contributed by atoms with van der Waals surface area (Å²) in [6, 6.07) is 4.10. The zero-order valence-corrected chi connectivity index (χ0v) is 15.6. The number of nitrogens with one attached hydrogen (secondary N) is 2. The summed E-state index contributed by atoms with van der Waals surface area (Å²) in [6.07, 6.45) is 1.80. The van der Waals surface area contributed by atoms with Crippen molar-refractivity contribution in [1.29, 1.82) is 0 Å². The Morgan fingerprint density at radius 2 is 1.95 bits per heavy atom. The maximum atomic E-state index is 12.4. The second-order valence-electron chi connectivity index (χ2n) is 5.51. The van der Waals surface area contributed by atoms with Gasteiger partial charge in [-0.25, -0.2) is 13.1 Å². The molecule has 0 heterocycles. The first-order chi connectivity index (χ1) is 9.77. The van der Waals surface area contributed by atoms with E-state index < -0.39 is 10.0 Å². The van der Waals surface area contributed by atoms with E-state index >= 15 is 0 Å². The molecule has 2 N–H and O–H groups in total. The molecular formula is C15H25BrN2O2S. The minimum Gasteiger partial charge on any atom is -0.310 e. The summed E-state index contributed by atoms with van der Waals surface area (Å²) in [5, 5.41) is 3.31. The molecule has 0 saturated heterocycles. The maximum Gasteiger partial charge on any atom is 0.241 e. The van der Waals surface area contributed by atoms with Gasteiger partial charge in [0.2, 0.25) is 10.0 Å². The van der Waals surface area contributed by atoms with Crippen LogP contribution in [0.3, 0.4) is 0 Å². The van der Waals surface area contributed by atoms with Crippen LogP contribution in [-0.2, 0) is 16.6 Å². The summed E-state index contributed by atoms with van der Waals surface area (Å²) >= 11 is 3.40. The van der Waals surface area contributed by atoms with Crippen molar-refractivity contribution in [3.05, 3.63) is 27.7 Å². The van der Waals surface area contributed by atoms with Gasteiger partial charge in [-0.2, -0.15) is 0 Å². The highest BCUT2D eigenvalue weighted by molar-refractivity contribution is 9.10. The van der Waals surface area contributed by atoms with Crippen LogP contribution in [0.4, 0.5) is 0 Å². The van der Waals surface area contributed by atoms with E-state index in [1.807, 2.05) is 19.9 Å². The van der Waals surface area contributed by atoms with Crippen LogP contribution in [0.15, 0.2) is 21.5 Å². The van der Waals surface area contributed by atoms with Crippen LogP contribution in [0.5, 0.6) is 0 Å². The lowest BCUT2D eigenvalue weighted by Crippen LogP contribution is -2.26. The predicted molar refractivity (Wildman–Crippen MR) is 91.0 cm³/mol. The van der Waals surface area contributed by atoms with Crippen molar-refractivity contribution >= 4 is 26.0 Å². The molecule has 0 atom stereocenters. The van der Waals surface area contributed by atoms with Gasteiger partial charge in [-0.1, -0.05) is 33.3 Å². The highest BCUT2D eigenvalue weighted by Gasteiger charge is 2.19. The normalized spacial score (nSPS) is 12.1. The van der Waals surface area contributed by atoms with Crippen LogP contribution < -0.4 is 10.0 Å². The standard InChI is InChI=1S/C15H25BrN2O2S/c1-5-6-7-18-21(19,20)14-9-13(10-17-11(2)3)8-12(4)15(14)16/h8-9,11,17-18H,5-7,10H2,1-4H3. The molecule has 21 heavy (non-hydrogen) atoms. The Bertz CT molecular complexity index is 571. The number of hydrogen-bond donors (Lipinski definition) is 2. The van der Waals surface area contributed by atoms with Gasteiger partial charge in [0, 0.05) is 23.6 Å². The van der Waals surface area contributed by atoms with Gasteiger partial charge in [-0.05, 0) is 46.5 Å². The number of benzene rings is 1. The number of halogens is 1. The summed E-state index contributed by atoms with van der Waals surface area (Å²) in [6.45, 7) is 9.20. The van der Waals surface area contributed by atoms with Gasteiger partial charge in [0.15, 0.2) is 0 Å². The van der Waals surface area contributed by atoms with Gasteiger partial charge in [-0.15, -0.1) is 0 Å². The Morgan fingerprint density at radius 1 is 1.29 bits per heavy atom. The Kier molecular flexibility index (Phi) is 7.33. The molecule has 0 aromatic heterocycles. The maximum absolute atomic E-state index is 12.4. The lowest BCUT2D eigenvalue weighted by molar-refractivity contribution is 0.575. The fraction of sp³-hybridized carbons (Fsp3) is 0.600. The van der Waals surface area contributed by atoms with Crippen LogP contribution in [0.25, 0.3) is 0 Å². The minimum absolute atomic E-state index is 0.319. The van der Waals surface area contributed by atoms with Gasteiger partial charge in [0.05, 0.1) is 4.90 Å². The molecule has 1 aromatic carbocycles. The van der Waals surface area contributed by atoms with Crippen molar-refractivity contribution in [2.24, 2.45) is 0 Å². The number of hydrogen-bond acceptors (Lipinski definition) is 3. The van der Waals surface area contributed by atoms with Crippen molar-refractivity contribution in [2.45, 2.75) is 58.0 Å². The molecule has 0 aliphatic carbocycles. The minimum atomic E-state index is -3.47. The zero-order chi connectivity index (χ0) is 16.0. The smallest absolute Gasteiger partial charge is 0.241 e. The first-order valence-corrected chi connectivity index (χ1v) is 9.57. The van der Waals surface area contributed by atoms with E-state index in [1.165, 1.54) is 0 Å². The Balaban J connectivity index is 3.04. The molecule has 0 saturated carbocycles. The molecule has 0 unspecified atom stereocenters. The van der Waals surface area contributed by atoms with Crippen molar-refractivity contribution in [3.63, 3.8) is 0 Å². The third kappa shape index (κ3) is 5.70. The average Bonchev–Trinajstić information content (AvgIpc) is 2.39. The second kappa shape index (κ2) is 8.27. The van der Waals surface area contributed by atoms with Crippen molar-refractivity contribution in [3.8, 4) is 0 Å². The highest BCUT2D eigenvalue weighted by Crippen LogP contribution is 2.27. The fourth-order valence-corrected chi connectivity index (χ4v) is 4.03. The molecule has 1 rings (SSSR count). The summed E-state index contributed by atoms with van der Waals surface area (Å²) in [5.41, 5.74) is 1.90. The van der Waals surface area contributed by atoms with Gasteiger partial charge in [-0.3, -0.25) is 0 Å². The molecular weight excluding hydrogens is 352 g/mol. The topological polar surface area (TPSA) is 58.2 Å². The molecule has 0 aliphatic rings. The molecule has 120 valence electrons. The van der Waals surface area contributed by atoms with Gasteiger partial charge in [0.25, 0.3) is 0 Å². The first kappa shape index (κ1) is 18.6. The van der Waals surface area contributed by atoms with Crippen LogP contribution in [0.1, 0.15) is 44.7 Å². The Hall–Kier alpha value is -0.430. The highest BCUT2D eigenvalue weighted by atomic mass is 79.9. The van der Waals surface area contributed by atoms with E-state index in [-0.39, 0.29) is 0 Å². The molecule has 0 spiro atoms. The van der Waals surface area contributed by atoms with Gasteiger partial charge >= 0.3 is 0 Å². The van der Waals surface area contributed by atoms with Crippen LogP contribution in [0, 0.1) is 6.92 Å². The average molecular weight is 377 g/mol. The van der Waals surface area contributed by atoms with Crippen molar-refractivity contribution in [1.82, 2.24) is 10.0 Å². The van der Waals surface area contributed by atoms with Gasteiger partial charge in [0.1, 0.15) is 0 Å². The van der Waals surface area contributed by atoms with Crippen LogP contribution in [-0.4, -0.2) is 21.0 Å². The number of unbranched alkanes of at least 4 members (excludes halogenated alkanes) is 1. The first-order valence-electron chi connectivity index (χ1n) is 7.30. The molecule has 4 nitrogen and oxygen atoms in total. The van der Waals surface area contributed by atoms with Crippen LogP contribution in [0.2, 0.25) is 0 Å². The van der Waals surface area contributed by atoms with E-state index in [0.717, 1.165) is 24.0 Å². The Labute approximate surface area is 136 Å². The van der Waals surface area contributed by atoms with Crippen molar-refractivity contribution < 1.29 is 8.42 Å². The number of rotatable bonds is 8. The summed E-state index contributed by atoms with van der Waals surface area (Å²) in [4.78, 5) is 0.319. The Morgan fingerprint density at radius 3 is 2.52 bits per heavy atom. The molecule has 0 fully saturated rings. The fourth-order valence-electron chi connectivity index (χ4n) is 1.89. The van der Waals surface area contributed by atoms with E-state index in [2.05, 4.69) is 39.8 Å². The molecule has 0 amide bonds. The van der Waals surface area contributed by atoms with Crippen molar-refractivity contribution in [2.75, 3.05) is 6.54 Å². The van der Waals surface area contributed by atoms with Crippen LogP contribution >= 0.6 is 15.9 Å². The van der Waals surface area contributed by atoms with Gasteiger partial charge < -0.3 is 5.32 Å². The summed E-state index contributed by atoms with van der Waals surface area (Å²) < 4.78 is 28.1. The number of sulfonamides is 1. The lowest BCUT2D eigenvalue weighted by atomic mass is 10.1. The SMILES string of the molecule is CCCCNS(=O)(=O)c1cc(CNC(C)C)cc(C)c1Br. The molecule has 0 bridgehead atoms. The monoisotopic (exact) mass is 376 g/mol. The third-order valence-corrected chi connectivity index (χ3v) is 5.91. The second-order valence-corrected chi connectivity index (χ2v) is 8.04. The van der Waals surface area contributed by atoms with E-state index in [0.29, 0.717) is 28.5 Å². The summed E-state index contributed by atoms with van der Waals surface area (Å²) in [5.74, 6) is 0. The molecule has 1 aromatic rings. The van der Waals surface area contributed by atoms with E-state index in [4.69, 9.17) is 0 Å². The predicted octanol–water partition coefficient (Wildman–Crippen LogP) is 3.33. The molecule has 6 heteroatoms. The summed E-state index contributed by atoms with van der Waals surface area (Å²) in [7, 11) is -3.47.